The number of ether oxygens (including phenoxy) is 2. The van der Waals surface area contributed by atoms with Gasteiger partial charge in [-0.1, -0.05) is 18.2 Å². The molecule has 0 saturated carbocycles. The highest BCUT2D eigenvalue weighted by Crippen LogP contribution is 2.44. The van der Waals surface area contributed by atoms with Crippen molar-refractivity contribution in [2.75, 3.05) is 19.1 Å². The first-order valence-corrected chi connectivity index (χ1v) is 9.93. The van der Waals surface area contributed by atoms with Crippen molar-refractivity contribution in [2.24, 2.45) is 0 Å². The van der Waals surface area contributed by atoms with Gasteiger partial charge >= 0.3 is 0 Å². The van der Waals surface area contributed by atoms with Crippen molar-refractivity contribution in [3.05, 3.63) is 89.2 Å². The standard InChI is InChI=1S/C25H20FNO6/c1-32-18-9-10-20(33-2)19(13-18)23(29)21-22(14-5-3-8-17(28)11-14)27(25(31)24(21)30)16-7-4-6-15(26)12-16/h3-13,22,28-29H,1-2H3/b23-21+. The fraction of sp³-hybridized carbons (Fsp3) is 0.120. The first kappa shape index (κ1) is 21.9. The number of aromatic hydroxyl groups is 1. The number of hydrogen-bond acceptors (Lipinski definition) is 6. The van der Waals surface area contributed by atoms with Gasteiger partial charge in [0.25, 0.3) is 11.7 Å². The topological polar surface area (TPSA) is 96.3 Å². The maximum Gasteiger partial charge on any atom is 0.300 e. The smallest absolute Gasteiger partial charge is 0.300 e. The first-order chi connectivity index (χ1) is 15.8. The van der Waals surface area contributed by atoms with Gasteiger partial charge in [0.05, 0.1) is 31.4 Å². The van der Waals surface area contributed by atoms with Crippen LogP contribution in [-0.4, -0.2) is 36.1 Å². The molecule has 1 fully saturated rings. The van der Waals surface area contributed by atoms with Gasteiger partial charge in [0.15, 0.2) is 0 Å². The average Bonchev–Trinajstić information content (AvgIpc) is 3.08. The molecule has 1 saturated heterocycles. The Labute approximate surface area is 188 Å². The number of anilines is 1. The number of ketones is 1. The molecule has 1 unspecified atom stereocenters. The van der Waals surface area contributed by atoms with Crippen molar-refractivity contribution >= 4 is 23.1 Å². The van der Waals surface area contributed by atoms with Gasteiger partial charge < -0.3 is 19.7 Å². The van der Waals surface area contributed by atoms with E-state index in [0.717, 1.165) is 11.0 Å². The molecule has 33 heavy (non-hydrogen) atoms. The number of Topliss-reactive ketones (excluding diaryl/α,β-unsaturated/α-hetero) is 1. The van der Waals surface area contributed by atoms with Gasteiger partial charge in [-0.2, -0.15) is 0 Å². The second-order valence-electron chi connectivity index (χ2n) is 7.31. The van der Waals surface area contributed by atoms with Gasteiger partial charge in [0, 0.05) is 5.69 Å². The van der Waals surface area contributed by atoms with Crippen LogP contribution in [0.15, 0.2) is 72.3 Å². The summed E-state index contributed by atoms with van der Waals surface area (Å²) < 4.78 is 24.5. The normalized spacial score (nSPS) is 17.3. The highest BCUT2D eigenvalue weighted by molar-refractivity contribution is 6.51. The van der Waals surface area contributed by atoms with Crippen LogP contribution in [0.3, 0.4) is 0 Å². The van der Waals surface area contributed by atoms with Gasteiger partial charge in [-0.05, 0) is 54.1 Å². The summed E-state index contributed by atoms with van der Waals surface area (Å²) in [5.41, 5.74) is 0.379. The maximum absolute atomic E-state index is 14.0. The Morgan fingerprint density at radius 3 is 2.39 bits per heavy atom. The Morgan fingerprint density at radius 2 is 1.73 bits per heavy atom. The lowest BCUT2D eigenvalue weighted by Crippen LogP contribution is -2.29. The number of aliphatic hydroxyl groups excluding tert-OH is 1. The van der Waals surface area contributed by atoms with Gasteiger partial charge in [-0.25, -0.2) is 4.39 Å². The lowest BCUT2D eigenvalue weighted by molar-refractivity contribution is -0.132. The molecule has 3 aromatic carbocycles. The molecule has 1 amide bonds. The number of hydrogen-bond donors (Lipinski definition) is 2. The molecule has 168 valence electrons. The zero-order valence-corrected chi connectivity index (χ0v) is 17.8. The molecule has 0 aliphatic carbocycles. The molecule has 1 aliphatic heterocycles. The van der Waals surface area contributed by atoms with E-state index in [1.807, 2.05) is 0 Å². The van der Waals surface area contributed by atoms with Crippen molar-refractivity contribution in [1.29, 1.82) is 0 Å². The number of carbonyl (C=O) groups is 2. The van der Waals surface area contributed by atoms with Crippen molar-refractivity contribution in [2.45, 2.75) is 6.04 Å². The molecule has 8 heteroatoms. The molecule has 3 aromatic rings. The van der Waals surface area contributed by atoms with E-state index in [1.165, 1.54) is 50.6 Å². The highest BCUT2D eigenvalue weighted by atomic mass is 19.1. The second-order valence-corrected chi connectivity index (χ2v) is 7.31. The number of methoxy groups -OCH3 is 2. The quantitative estimate of drug-likeness (QED) is 0.345. The summed E-state index contributed by atoms with van der Waals surface area (Å²) in [4.78, 5) is 27.4. The fourth-order valence-corrected chi connectivity index (χ4v) is 3.88. The number of nitrogens with zero attached hydrogens (tertiary/aromatic N) is 1. The van der Waals surface area contributed by atoms with Crippen LogP contribution in [0.4, 0.5) is 10.1 Å². The van der Waals surface area contributed by atoms with E-state index in [-0.39, 0.29) is 28.3 Å². The Kier molecular flexibility index (Phi) is 5.74. The van der Waals surface area contributed by atoms with Crippen LogP contribution in [0, 0.1) is 5.82 Å². The summed E-state index contributed by atoms with van der Waals surface area (Å²) in [6.45, 7) is 0. The number of carbonyl (C=O) groups excluding carboxylic acids is 2. The highest BCUT2D eigenvalue weighted by Gasteiger charge is 2.47. The minimum absolute atomic E-state index is 0.101. The SMILES string of the molecule is COc1ccc(OC)c(/C(O)=C2\C(=O)C(=O)N(c3cccc(F)c3)C2c2cccc(O)c2)c1. The Hall–Kier alpha value is -4.33. The Morgan fingerprint density at radius 1 is 0.970 bits per heavy atom. The Balaban J connectivity index is 2.00. The van der Waals surface area contributed by atoms with E-state index in [9.17, 15) is 24.2 Å². The molecule has 1 aliphatic rings. The van der Waals surface area contributed by atoms with E-state index in [4.69, 9.17) is 9.47 Å². The number of benzene rings is 3. The summed E-state index contributed by atoms with van der Waals surface area (Å²) in [6.07, 6.45) is 0. The van der Waals surface area contributed by atoms with E-state index in [0.29, 0.717) is 11.3 Å². The van der Waals surface area contributed by atoms with Crippen molar-refractivity contribution < 1.29 is 33.7 Å². The summed E-state index contributed by atoms with van der Waals surface area (Å²) in [7, 11) is 2.85. The minimum atomic E-state index is -1.13. The molecule has 1 heterocycles. The predicted octanol–water partition coefficient (Wildman–Crippen LogP) is 4.17. The molecule has 0 aromatic heterocycles. The van der Waals surface area contributed by atoms with Crippen LogP contribution in [0.2, 0.25) is 0 Å². The molecule has 2 N–H and O–H groups in total. The zero-order chi connectivity index (χ0) is 23.7. The molecule has 7 nitrogen and oxygen atoms in total. The van der Waals surface area contributed by atoms with Gasteiger partial charge in [0.1, 0.15) is 28.8 Å². The van der Waals surface area contributed by atoms with Crippen molar-refractivity contribution in [3.63, 3.8) is 0 Å². The minimum Gasteiger partial charge on any atom is -0.508 e. The van der Waals surface area contributed by atoms with Crippen LogP contribution in [0.25, 0.3) is 5.76 Å². The largest absolute Gasteiger partial charge is 0.508 e. The number of phenolic OH excluding ortho intramolecular Hbond substituents is 1. The summed E-state index contributed by atoms with van der Waals surface area (Å²) >= 11 is 0. The maximum atomic E-state index is 14.0. The molecule has 0 bridgehead atoms. The summed E-state index contributed by atoms with van der Waals surface area (Å²) in [5.74, 6) is -2.45. The van der Waals surface area contributed by atoms with Crippen molar-refractivity contribution in [1.82, 2.24) is 0 Å². The van der Waals surface area contributed by atoms with Crippen LogP contribution in [0.5, 0.6) is 17.2 Å². The number of amides is 1. The average molecular weight is 449 g/mol. The van der Waals surface area contributed by atoms with Gasteiger partial charge in [-0.15, -0.1) is 0 Å². The van der Waals surface area contributed by atoms with E-state index < -0.39 is 29.3 Å². The molecule has 1 atom stereocenters. The molecule has 0 radical (unpaired) electrons. The van der Waals surface area contributed by atoms with Gasteiger partial charge in [-0.3, -0.25) is 14.5 Å². The monoisotopic (exact) mass is 449 g/mol. The number of aliphatic hydroxyl groups is 1. The molecular formula is C25H20FNO6. The third-order valence-corrected chi connectivity index (χ3v) is 5.38. The summed E-state index contributed by atoms with van der Waals surface area (Å²) in [6, 6.07) is 14.7. The molecule has 4 rings (SSSR count). The Bertz CT molecular complexity index is 1290. The number of halogens is 1. The first-order valence-electron chi connectivity index (χ1n) is 9.93. The fourth-order valence-electron chi connectivity index (χ4n) is 3.88. The third kappa shape index (κ3) is 3.87. The van der Waals surface area contributed by atoms with Crippen LogP contribution in [-0.2, 0) is 9.59 Å². The van der Waals surface area contributed by atoms with E-state index in [1.54, 1.807) is 24.3 Å². The summed E-state index contributed by atoms with van der Waals surface area (Å²) in [5, 5.41) is 21.3. The van der Waals surface area contributed by atoms with E-state index >= 15 is 0 Å². The third-order valence-electron chi connectivity index (χ3n) is 5.38. The van der Waals surface area contributed by atoms with Crippen molar-refractivity contribution in [3.8, 4) is 17.2 Å². The molecular weight excluding hydrogens is 429 g/mol. The van der Waals surface area contributed by atoms with E-state index in [2.05, 4.69) is 0 Å². The number of rotatable bonds is 5. The van der Waals surface area contributed by atoms with Crippen LogP contribution in [0.1, 0.15) is 17.2 Å². The van der Waals surface area contributed by atoms with Crippen LogP contribution >= 0.6 is 0 Å². The van der Waals surface area contributed by atoms with Gasteiger partial charge in [0.2, 0.25) is 0 Å². The number of phenols is 1. The lowest BCUT2D eigenvalue weighted by Gasteiger charge is -2.25. The van der Waals surface area contributed by atoms with Crippen LogP contribution < -0.4 is 14.4 Å². The predicted molar refractivity (Wildman–Crippen MR) is 119 cm³/mol. The zero-order valence-electron chi connectivity index (χ0n) is 17.8. The lowest BCUT2D eigenvalue weighted by atomic mass is 9.94. The second kappa shape index (κ2) is 8.66. The molecule has 0 spiro atoms.